The van der Waals surface area contributed by atoms with Crippen LogP contribution in [0.1, 0.15) is 21.5 Å². The molecule has 2 aromatic carbocycles. The van der Waals surface area contributed by atoms with Crippen LogP contribution < -0.4 is 5.32 Å². The SMILES string of the molecule is CSCc1cccc(C(=O)Nc2cc(Cl)ccc2C)c1. The van der Waals surface area contributed by atoms with Gasteiger partial charge >= 0.3 is 0 Å². The average molecular weight is 306 g/mol. The monoisotopic (exact) mass is 305 g/mol. The first kappa shape index (κ1) is 14.9. The van der Waals surface area contributed by atoms with Gasteiger partial charge in [0.05, 0.1) is 0 Å². The summed E-state index contributed by atoms with van der Waals surface area (Å²) in [6, 6.07) is 13.1. The second-order valence-corrected chi connectivity index (χ2v) is 5.85. The molecule has 0 saturated heterocycles. The van der Waals surface area contributed by atoms with Crippen LogP contribution in [-0.2, 0) is 5.75 Å². The normalized spacial score (nSPS) is 10.3. The Bertz CT molecular complexity index is 628. The van der Waals surface area contributed by atoms with Crippen LogP contribution >= 0.6 is 23.4 Å². The highest BCUT2D eigenvalue weighted by Crippen LogP contribution is 2.21. The Hall–Kier alpha value is -1.45. The fraction of sp³-hybridized carbons (Fsp3) is 0.188. The van der Waals surface area contributed by atoms with Crippen molar-refractivity contribution < 1.29 is 4.79 Å². The molecule has 0 aliphatic carbocycles. The molecule has 2 aromatic rings. The number of carbonyl (C=O) groups excluding carboxylic acids is 1. The van der Waals surface area contributed by atoms with Crippen molar-refractivity contribution in [3.05, 3.63) is 64.2 Å². The van der Waals surface area contributed by atoms with Crippen LogP contribution in [0, 0.1) is 6.92 Å². The molecule has 0 aromatic heterocycles. The second-order valence-electron chi connectivity index (χ2n) is 4.55. The number of rotatable bonds is 4. The highest BCUT2D eigenvalue weighted by molar-refractivity contribution is 7.97. The highest BCUT2D eigenvalue weighted by Gasteiger charge is 2.08. The van der Waals surface area contributed by atoms with Gasteiger partial charge < -0.3 is 5.32 Å². The Morgan fingerprint density at radius 3 is 2.80 bits per heavy atom. The Balaban J connectivity index is 2.19. The number of aryl methyl sites for hydroxylation is 1. The zero-order valence-electron chi connectivity index (χ0n) is 11.4. The third kappa shape index (κ3) is 3.78. The fourth-order valence-corrected chi connectivity index (χ4v) is 2.58. The van der Waals surface area contributed by atoms with E-state index in [-0.39, 0.29) is 5.91 Å². The Labute approximate surface area is 128 Å². The molecule has 0 aliphatic rings. The summed E-state index contributed by atoms with van der Waals surface area (Å²) < 4.78 is 0. The van der Waals surface area contributed by atoms with Crippen molar-refractivity contribution in [1.82, 2.24) is 0 Å². The van der Waals surface area contributed by atoms with E-state index in [1.165, 1.54) is 0 Å². The van der Waals surface area contributed by atoms with Gasteiger partial charge in [0.25, 0.3) is 5.91 Å². The molecule has 1 N–H and O–H groups in total. The van der Waals surface area contributed by atoms with Crippen molar-refractivity contribution in [3.8, 4) is 0 Å². The molecule has 0 aliphatic heterocycles. The van der Waals surface area contributed by atoms with Gasteiger partial charge in [0.2, 0.25) is 0 Å². The van der Waals surface area contributed by atoms with Crippen LogP contribution in [0.2, 0.25) is 5.02 Å². The van der Waals surface area contributed by atoms with Crippen LogP contribution in [0.25, 0.3) is 0 Å². The van der Waals surface area contributed by atoms with Crippen molar-refractivity contribution in [1.29, 1.82) is 0 Å². The predicted octanol–water partition coefficient (Wildman–Crippen LogP) is 4.76. The van der Waals surface area contributed by atoms with E-state index in [9.17, 15) is 4.79 Å². The average Bonchev–Trinajstić information content (AvgIpc) is 2.43. The Morgan fingerprint density at radius 1 is 1.25 bits per heavy atom. The van der Waals surface area contributed by atoms with Crippen LogP contribution in [0.4, 0.5) is 5.69 Å². The van der Waals surface area contributed by atoms with E-state index in [1.54, 1.807) is 17.8 Å². The number of halogens is 1. The fourth-order valence-electron chi connectivity index (χ4n) is 1.89. The van der Waals surface area contributed by atoms with Crippen LogP contribution in [-0.4, -0.2) is 12.2 Å². The molecule has 0 radical (unpaired) electrons. The molecule has 1 amide bonds. The quantitative estimate of drug-likeness (QED) is 0.882. The molecule has 0 heterocycles. The van der Waals surface area contributed by atoms with Gasteiger partial charge in [0.1, 0.15) is 0 Å². The van der Waals surface area contributed by atoms with Crippen molar-refractivity contribution in [3.63, 3.8) is 0 Å². The maximum absolute atomic E-state index is 12.3. The first-order valence-electron chi connectivity index (χ1n) is 6.25. The zero-order chi connectivity index (χ0) is 14.5. The Kier molecular flexibility index (Phi) is 5.10. The van der Waals surface area contributed by atoms with E-state index in [2.05, 4.69) is 5.32 Å². The maximum atomic E-state index is 12.3. The molecule has 0 saturated carbocycles. The highest BCUT2D eigenvalue weighted by atomic mass is 35.5. The molecule has 0 bridgehead atoms. The summed E-state index contributed by atoms with van der Waals surface area (Å²) in [5.41, 5.74) is 3.55. The minimum absolute atomic E-state index is 0.113. The second kappa shape index (κ2) is 6.82. The summed E-state index contributed by atoms with van der Waals surface area (Å²) in [5, 5.41) is 3.52. The van der Waals surface area contributed by atoms with E-state index in [0.717, 1.165) is 22.6 Å². The van der Waals surface area contributed by atoms with E-state index in [4.69, 9.17) is 11.6 Å². The third-order valence-electron chi connectivity index (χ3n) is 2.95. The molecule has 0 fully saturated rings. The summed E-state index contributed by atoms with van der Waals surface area (Å²) in [4.78, 5) is 12.3. The summed E-state index contributed by atoms with van der Waals surface area (Å²) in [6.07, 6.45) is 2.04. The molecule has 20 heavy (non-hydrogen) atoms. The van der Waals surface area contributed by atoms with E-state index >= 15 is 0 Å². The number of nitrogens with one attached hydrogen (secondary N) is 1. The van der Waals surface area contributed by atoms with Gasteiger partial charge in [-0.1, -0.05) is 29.8 Å². The van der Waals surface area contributed by atoms with Gasteiger partial charge in [0, 0.05) is 22.0 Å². The third-order valence-corrected chi connectivity index (χ3v) is 3.81. The number of amides is 1. The lowest BCUT2D eigenvalue weighted by Gasteiger charge is -2.09. The topological polar surface area (TPSA) is 29.1 Å². The molecule has 0 unspecified atom stereocenters. The largest absolute Gasteiger partial charge is 0.322 e. The predicted molar refractivity (Wildman–Crippen MR) is 87.8 cm³/mol. The summed E-state index contributed by atoms with van der Waals surface area (Å²) in [6.45, 7) is 1.94. The minimum atomic E-state index is -0.113. The van der Waals surface area contributed by atoms with Gasteiger partial charge in [-0.3, -0.25) is 4.79 Å². The number of carbonyl (C=O) groups is 1. The van der Waals surface area contributed by atoms with Gasteiger partial charge in [-0.15, -0.1) is 0 Å². The molecule has 0 spiro atoms. The lowest BCUT2D eigenvalue weighted by Crippen LogP contribution is -2.13. The van der Waals surface area contributed by atoms with Crippen LogP contribution in [0.5, 0.6) is 0 Å². The lowest BCUT2D eigenvalue weighted by atomic mass is 10.1. The van der Waals surface area contributed by atoms with Crippen molar-refractivity contribution in [2.75, 3.05) is 11.6 Å². The van der Waals surface area contributed by atoms with Crippen molar-refractivity contribution in [2.24, 2.45) is 0 Å². The van der Waals surface area contributed by atoms with E-state index < -0.39 is 0 Å². The molecule has 104 valence electrons. The molecule has 4 heteroatoms. The standard InChI is InChI=1S/C16H16ClNOS/c1-11-6-7-14(17)9-15(11)18-16(19)13-5-3-4-12(8-13)10-20-2/h3-9H,10H2,1-2H3,(H,18,19). The summed E-state index contributed by atoms with van der Waals surface area (Å²) >= 11 is 7.69. The molecule has 2 nitrogen and oxygen atoms in total. The molecule has 0 atom stereocenters. The first-order valence-corrected chi connectivity index (χ1v) is 8.02. The summed E-state index contributed by atoms with van der Waals surface area (Å²) in [7, 11) is 0. The minimum Gasteiger partial charge on any atom is -0.322 e. The molecular formula is C16H16ClNOS. The number of hydrogen-bond acceptors (Lipinski definition) is 2. The number of benzene rings is 2. The van der Waals surface area contributed by atoms with Gasteiger partial charge in [-0.25, -0.2) is 0 Å². The van der Waals surface area contributed by atoms with E-state index in [1.807, 2.05) is 49.6 Å². The van der Waals surface area contributed by atoms with Crippen LogP contribution in [0.3, 0.4) is 0 Å². The van der Waals surface area contributed by atoms with Crippen molar-refractivity contribution >= 4 is 35.0 Å². The van der Waals surface area contributed by atoms with Gasteiger partial charge in [0.15, 0.2) is 0 Å². The lowest BCUT2D eigenvalue weighted by molar-refractivity contribution is 0.102. The van der Waals surface area contributed by atoms with Crippen LogP contribution in [0.15, 0.2) is 42.5 Å². The van der Waals surface area contributed by atoms with Gasteiger partial charge in [-0.05, 0) is 48.6 Å². The smallest absolute Gasteiger partial charge is 0.255 e. The number of hydrogen-bond donors (Lipinski definition) is 1. The maximum Gasteiger partial charge on any atom is 0.255 e. The number of thioether (sulfide) groups is 1. The molecule has 2 rings (SSSR count). The number of anilines is 1. The van der Waals surface area contributed by atoms with Gasteiger partial charge in [-0.2, -0.15) is 11.8 Å². The first-order chi connectivity index (χ1) is 9.60. The Morgan fingerprint density at radius 2 is 2.05 bits per heavy atom. The summed E-state index contributed by atoms with van der Waals surface area (Å²) in [5.74, 6) is 0.787. The zero-order valence-corrected chi connectivity index (χ0v) is 13.0. The van der Waals surface area contributed by atoms with Crippen molar-refractivity contribution in [2.45, 2.75) is 12.7 Å². The molecular weight excluding hydrogens is 290 g/mol. The van der Waals surface area contributed by atoms with E-state index in [0.29, 0.717) is 10.6 Å².